The summed E-state index contributed by atoms with van der Waals surface area (Å²) in [5.41, 5.74) is 4.41. The molecule has 27 heavy (non-hydrogen) atoms. The minimum Gasteiger partial charge on any atom is -0.510 e. The molecule has 3 aromatic rings. The minimum absolute atomic E-state index is 0.188. The molecule has 0 saturated carbocycles. The fourth-order valence-corrected chi connectivity index (χ4v) is 4.32. The monoisotopic (exact) mass is 395 g/mol. The topological polar surface area (TPSA) is 60.2 Å². The lowest BCUT2D eigenvalue weighted by atomic mass is 10.1. The SMILES string of the molecule is Cc1cccc(CN2CC(O)=C(c3nc(-c4ccccc4Cl)cs3)C2=N)c1. The molecule has 2 heterocycles. The van der Waals surface area contributed by atoms with Crippen molar-refractivity contribution in [1.82, 2.24) is 9.88 Å². The van der Waals surface area contributed by atoms with Crippen molar-refractivity contribution in [3.05, 3.63) is 80.8 Å². The highest BCUT2D eigenvalue weighted by Gasteiger charge is 2.30. The van der Waals surface area contributed by atoms with E-state index in [4.69, 9.17) is 17.0 Å². The van der Waals surface area contributed by atoms with Gasteiger partial charge in [-0.3, -0.25) is 5.41 Å². The number of aliphatic hydroxyl groups excluding tert-OH is 1. The van der Waals surface area contributed by atoms with Gasteiger partial charge in [0.25, 0.3) is 0 Å². The number of nitrogens with one attached hydrogen (secondary N) is 1. The summed E-state index contributed by atoms with van der Waals surface area (Å²) in [6.45, 7) is 2.95. The van der Waals surface area contributed by atoms with E-state index < -0.39 is 0 Å². The number of halogens is 1. The van der Waals surface area contributed by atoms with Crippen LogP contribution in [0.2, 0.25) is 5.02 Å². The van der Waals surface area contributed by atoms with Crippen molar-refractivity contribution in [2.24, 2.45) is 0 Å². The van der Waals surface area contributed by atoms with E-state index in [-0.39, 0.29) is 5.76 Å². The highest BCUT2D eigenvalue weighted by atomic mass is 35.5. The van der Waals surface area contributed by atoms with Gasteiger partial charge in [-0.05, 0) is 18.6 Å². The molecule has 2 N–H and O–H groups in total. The van der Waals surface area contributed by atoms with Crippen LogP contribution in [0.15, 0.2) is 59.7 Å². The Bertz CT molecular complexity index is 1060. The van der Waals surface area contributed by atoms with Crippen molar-refractivity contribution >= 4 is 34.3 Å². The van der Waals surface area contributed by atoms with Crippen molar-refractivity contribution in [2.75, 3.05) is 6.54 Å². The van der Waals surface area contributed by atoms with Crippen molar-refractivity contribution < 1.29 is 5.11 Å². The molecule has 0 radical (unpaired) electrons. The standard InChI is InChI=1S/C21H18ClN3OS/c1-13-5-4-6-14(9-13)10-25-11-18(26)19(20(25)23)21-24-17(12-27-21)15-7-2-3-8-16(15)22/h2-9,12,23,26H,10-11H2,1H3. The molecule has 0 fully saturated rings. The van der Waals surface area contributed by atoms with Crippen LogP contribution in [0.25, 0.3) is 16.8 Å². The van der Waals surface area contributed by atoms with E-state index in [1.807, 2.05) is 59.7 Å². The van der Waals surface area contributed by atoms with Crippen molar-refractivity contribution in [3.63, 3.8) is 0 Å². The Morgan fingerprint density at radius 1 is 1.22 bits per heavy atom. The molecule has 0 saturated heterocycles. The Morgan fingerprint density at radius 2 is 2.04 bits per heavy atom. The predicted octanol–water partition coefficient (Wildman–Crippen LogP) is 5.53. The summed E-state index contributed by atoms with van der Waals surface area (Å²) in [5, 5.41) is 22.2. The first-order chi connectivity index (χ1) is 13.0. The second kappa shape index (κ2) is 7.18. The van der Waals surface area contributed by atoms with Crippen molar-refractivity contribution in [2.45, 2.75) is 13.5 Å². The quantitative estimate of drug-likeness (QED) is 0.610. The maximum Gasteiger partial charge on any atom is 0.135 e. The van der Waals surface area contributed by atoms with Crippen molar-refractivity contribution in [3.8, 4) is 11.3 Å². The average Bonchev–Trinajstić information content (AvgIpc) is 3.20. The number of nitrogens with zero attached hydrogens (tertiary/aromatic N) is 2. The highest BCUT2D eigenvalue weighted by molar-refractivity contribution is 7.11. The molecule has 1 aliphatic rings. The van der Waals surface area contributed by atoms with Gasteiger partial charge in [0, 0.05) is 22.5 Å². The van der Waals surface area contributed by atoms with Gasteiger partial charge in [-0.25, -0.2) is 4.98 Å². The number of aliphatic hydroxyl groups is 1. The van der Waals surface area contributed by atoms with Crippen LogP contribution < -0.4 is 0 Å². The van der Waals surface area contributed by atoms with Crippen LogP contribution in [-0.4, -0.2) is 27.4 Å². The van der Waals surface area contributed by atoms with Crippen LogP contribution in [-0.2, 0) is 6.54 Å². The van der Waals surface area contributed by atoms with Gasteiger partial charge in [0.05, 0.1) is 17.8 Å². The maximum absolute atomic E-state index is 10.5. The average molecular weight is 396 g/mol. The number of thiazole rings is 1. The molecule has 0 bridgehead atoms. The van der Waals surface area contributed by atoms with Gasteiger partial charge >= 0.3 is 0 Å². The molecule has 0 aliphatic carbocycles. The van der Waals surface area contributed by atoms with Crippen LogP contribution in [0, 0.1) is 12.3 Å². The zero-order valence-electron chi connectivity index (χ0n) is 14.7. The number of aryl methyl sites for hydroxylation is 1. The molecule has 4 rings (SSSR count). The first-order valence-electron chi connectivity index (χ1n) is 8.55. The van der Waals surface area contributed by atoms with Gasteiger partial charge in [0.1, 0.15) is 16.6 Å². The van der Waals surface area contributed by atoms with Crippen LogP contribution in [0.5, 0.6) is 0 Å². The third kappa shape index (κ3) is 3.48. The second-order valence-electron chi connectivity index (χ2n) is 6.53. The number of rotatable bonds is 4. The molecule has 0 amide bonds. The number of hydrogen-bond donors (Lipinski definition) is 2. The van der Waals surface area contributed by atoms with Crippen LogP contribution >= 0.6 is 22.9 Å². The van der Waals surface area contributed by atoms with E-state index in [1.165, 1.54) is 16.9 Å². The van der Waals surface area contributed by atoms with Crippen LogP contribution in [0.4, 0.5) is 0 Å². The normalized spacial score (nSPS) is 14.3. The van der Waals surface area contributed by atoms with E-state index >= 15 is 0 Å². The zero-order chi connectivity index (χ0) is 19.0. The molecule has 6 heteroatoms. The van der Waals surface area contributed by atoms with Gasteiger partial charge in [0.2, 0.25) is 0 Å². The van der Waals surface area contributed by atoms with E-state index in [0.29, 0.717) is 34.5 Å². The van der Waals surface area contributed by atoms with Gasteiger partial charge < -0.3 is 10.0 Å². The Kier molecular flexibility index (Phi) is 4.72. The predicted molar refractivity (Wildman–Crippen MR) is 111 cm³/mol. The molecule has 1 aromatic heterocycles. The summed E-state index contributed by atoms with van der Waals surface area (Å²) in [5.74, 6) is 0.488. The number of amidine groups is 1. The first kappa shape index (κ1) is 17.8. The van der Waals surface area contributed by atoms with E-state index in [2.05, 4.69) is 11.1 Å². The third-order valence-electron chi connectivity index (χ3n) is 4.51. The summed E-state index contributed by atoms with van der Waals surface area (Å²) in [4.78, 5) is 6.49. The number of benzene rings is 2. The summed E-state index contributed by atoms with van der Waals surface area (Å²) in [6.07, 6.45) is 0. The first-order valence-corrected chi connectivity index (χ1v) is 9.81. The molecule has 0 unspecified atom stereocenters. The largest absolute Gasteiger partial charge is 0.510 e. The number of hydrogen-bond acceptors (Lipinski definition) is 4. The Hall–Kier alpha value is -2.63. The zero-order valence-corrected chi connectivity index (χ0v) is 16.3. The van der Waals surface area contributed by atoms with E-state index in [1.54, 1.807) is 0 Å². The maximum atomic E-state index is 10.5. The minimum atomic E-state index is 0.188. The van der Waals surface area contributed by atoms with Crippen LogP contribution in [0.3, 0.4) is 0 Å². The Balaban J connectivity index is 1.58. The fourth-order valence-electron chi connectivity index (χ4n) is 3.21. The van der Waals surface area contributed by atoms with E-state index in [9.17, 15) is 5.11 Å². The summed E-state index contributed by atoms with van der Waals surface area (Å²) < 4.78 is 0. The van der Waals surface area contributed by atoms with Gasteiger partial charge in [-0.2, -0.15) is 0 Å². The van der Waals surface area contributed by atoms with Gasteiger partial charge in [-0.15, -0.1) is 11.3 Å². The molecule has 136 valence electrons. The molecule has 0 spiro atoms. The second-order valence-corrected chi connectivity index (χ2v) is 7.80. The van der Waals surface area contributed by atoms with Gasteiger partial charge in [0.15, 0.2) is 0 Å². The molecule has 0 atom stereocenters. The summed E-state index contributed by atoms with van der Waals surface area (Å²) in [7, 11) is 0. The molecule has 2 aromatic carbocycles. The summed E-state index contributed by atoms with van der Waals surface area (Å²) in [6, 6.07) is 15.7. The molecular formula is C21H18ClN3OS. The fraction of sp³-hybridized carbons (Fsp3) is 0.143. The molecule has 1 aliphatic heterocycles. The van der Waals surface area contributed by atoms with E-state index in [0.717, 1.165) is 16.8 Å². The Labute approximate surface area is 166 Å². The van der Waals surface area contributed by atoms with Crippen LogP contribution in [0.1, 0.15) is 16.1 Å². The highest BCUT2D eigenvalue weighted by Crippen LogP contribution is 2.34. The van der Waals surface area contributed by atoms with Crippen molar-refractivity contribution in [1.29, 1.82) is 5.41 Å². The lowest BCUT2D eigenvalue weighted by Crippen LogP contribution is -2.26. The summed E-state index contributed by atoms with van der Waals surface area (Å²) >= 11 is 7.68. The molecule has 4 nitrogen and oxygen atoms in total. The lowest BCUT2D eigenvalue weighted by molar-refractivity contribution is 0.347. The lowest BCUT2D eigenvalue weighted by Gasteiger charge is -2.18. The smallest absolute Gasteiger partial charge is 0.135 e. The molecular weight excluding hydrogens is 378 g/mol. The third-order valence-corrected chi connectivity index (χ3v) is 5.70. The Morgan fingerprint density at radius 3 is 2.81 bits per heavy atom. The number of aromatic nitrogens is 1. The van der Waals surface area contributed by atoms with Gasteiger partial charge in [-0.1, -0.05) is 59.6 Å².